The molecule has 0 amide bonds. The zero-order valence-electron chi connectivity index (χ0n) is 19.6. The van der Waals surface area contributed by atoms with E-state index in [0.717, 1.165) is 19.5 Å². The Morgan fingerprint density at radius 3 is 1.56 bits per heavy atom. The highest BCUT2D eigenvalue weighted by Crippen LogP contribution is 2.27. The van der Waals surface area contributed by atoms with E-state index in [1.807, 2.05) is 0 Å². The maximum Gasteiger partial charge on any atom is 0.328 e. The minimum atomic E-state index is -1.26. The van der Waals surface area contributed by atoms with E-state index in [4.69, 9.17) is 10.2 Å². The van der Waals surface area contributed by atoms with Crippen molar-refractivity contribution in [2.75, 3.05) is 20.1 Å². The first-order chi connectivity index (χ1) is 16.4. The molecule has 5 nitrogen and oxygen atoms in total. The Bertz CT molecular complexity index is 1030. The number of rotatable bonds is 9. The van der Waals surface area contributed by atoms with Crippen LogP contribution in [0.2, 0.25) is 0 Å². The monoisotopic (exact) mass is 457 g/mol. The van der Waals surface area contributed by atoms with Gasteiger partial charge in [-0.2, -0.15) is 0 Å². The second-order valence-electron chi connectivity index (χ2n) is 7.87. The van der Waals surface area contributed by atoms with Gasteiger partial charge in [0.15, 0.2) is 0 Å². The predicted octanol–water partition coefficient (Wildman–Crippen LogP) is 5.39. The minimum absolute atomic E-state index is 0.558. The molecule has 0 atom stereocenters. The van der Waals surface area contributed by atoms with Crippen LogP contribution in [0.3, 0.4) is 0 Å². The van der Waals surface area contributed by atoms with Gasteiger partial charge in [-0.25, -0.2) is 9.59 Å². The number of carbonyl (C=O) groups is 2. The van der Waals surface area contributed by atoms with E-state index >= 15 is 0 Å². The lowest BCUT2D eigenvalue weighted by atomic mass is 9.93. The summed E-state index contributed by atoms with van der Waals surface area (Å²) in [5.74, 6) is -2.51. The van der Waals surface area contributed by atoms with Crippen LogP contribution in [0.5, 0.6) is 0 Å². The van der Waals surface area contributed by atoms with Gasteiger partial charge in [-0.1, -0.05) is 96.6 Å². The first-order valence-corrected chi connectivity index (χ1v) is 11.0. The molecule has 0 aromatic heterocycles. The van der Waals surface area contributed by atoms with E-state index in [0.29, 0.717) is 12.2 Å². The molecule has 2 N–H and O–H groups in total. The molecular formula is C29H31NO4. The molecule has 34 heavy (non-hydrogen) atoms. The average molecular weight is 458 g/mol. The van der Waals surface area contributed by atoms with Gasteiger partial charge in [0.2, 0.25) is 0 Å². The zero-order valence-corrected chi connectivity index (χ0v) is 19.6. The normalized spacial score (nSPS) is 10.4. The first kappa shape index (κ1) is 26.3. The van der Waals surface area contributed by atoms with Gasteiger partial charge in [0, 0.05) is 25.2 Å². The van der Waals surface area contributed by atoms with Gasteiger partial charge in [-0.15, -0.1) is 0 Å². The predicted molar refractivity (Wildman–Crippen MR) is 137 cm³/mol. The molecule has 0 spiro atoms. The van der Waals surface area contributed by atoms with Crippen LogP contribution in [-0.4, -0.2) is 47.2 Å². The molecule has 0 unspecified atom stereocenters. The minimum Gasteiger partial charge on any atom is -0.478 e. The van der Waals surface area contributed by atoms with Crippen LogP contribution in [0.25, 0.3) is 5.57 Å². The molecular weight excluding hydrogens is 426 g/mol. The number of hydrogen-bond donors (Lipinski definition) is 2. The molecule has 3 rings (SSSR count). The van der Waals surface area contributed by atoms with Crippen molar-refractivity contribution in [2.45, 2.75) is 13.3 Å². The number of carboxylic acids is 2. The van der Waals surface area contributed by atoms with Gasteiger partial charge in [0.25, 0.3) is 0 Å². The van der Waals surface area contributed by atoms with Crippen LogP contribution in [0.4, 0.5) is 0 Å². The van der Waals surface area contributed by atoms with Crippen LogP contribution in [0.1, 0.15) is 23.6 Å². The number of aliphatic carboxylic acids is 2. The number of benzene rings is 3. The third-order valence-corrected chi connectivity index (χ3v) is 5.05. The van der Waals surface area contributed by atoms with Gasteiger partial charge < -0.3 is 15.1 Å². The van der Waals surface area contributed by atoms with Crippen molar-refractivity contribution in [1.29, 1.82) is 0 Å². The summed E-state index contributed by atoms with van der Waals surface area (Å²) in [6.45, 7) is 4.28. The Morgan fingerprint density at radius 2 is 1.15 bits per heavy atom. The van der Waals surface area contributed by atoms with Crippen molar-refractivity contribution < 1.29 is 19.8 Å². The van der Waals surface area contributed by atoms with Crippen LogP contribution >= 0.6 is 0 Å². The largest absolute Gasteiger partial charge is 0.478 e. The Labute approximate surface area is 201 Å². The highest BCUT2D eigenvalue weighted by atomic mass is 16.4. The second-order valence-corrected chi connectivity index (χ2v) is 7.87. The molecule has 3 aromatic carbocycles. The molecule has 0 saturated heterocycles. The smallest absolute Gasteiger partial charge is 0.328 e. The van der Waals surface area contributed by atoms with Crippen molar-refractivity contribution in [3.05, 3.63) is 125 Å². The Hall–Kier alpha value is -3.96. The van der Waals surface area contributed by atoms with Crippen LogP contribution in [0.15, 0.2) is 109 Å². The van der Waals surface area contributed by atoms with Gasteiger partial charge in [0.05, 0.1) is 0 Å². The summed E-state index contributed by atoms with van der Waals surface area (Å²) in [5.41, 5.74) is 6.71. The fourth-order valence-corrected chi connectivity index (χ4v) is 3.54. The van der Waals surface area contributed by atoms with E-state index in [-0.39, 0.29) is 0 Å². The van der Waals surface area contributed by atoms with Gasteiger partial charge >= 0.3 is 11.9 Å². The summed E-state index contributed by atoms with van der Waals surface area (Å²) < 4.78 is 0. The van der Waals surface area contributed by atoms with Crippen LogP contribution < -0.4 is 0 Å². The average Bonchev–Trinajstić information content (AvgIpc) is 2.84. The van der Waals surface area contributed by atoms with E-state index in [2.05, 4.69) is 110 Å². The number of nitrogens with zero attached hydrogens (tertiary/aromatic N) is 1. The standard InChI is InChI=1S/C25H27N.C4H4O4/c1-21(20-26(2)19-18-22-12-6-3-7-13-22)25(23-14-8-4-9-15-23)24-16-10-5-11-17-24;5-3(6)1-2-4(7)8/h3-17H,18-20H2,1-2H3;1-2H,(H,5,6)(H,7,8)/b;2-1-. The Balaban J connectivity index is 0.000000440. The summed E-state index contributed by atoms with van der Waals surface area (Å²) in [6, 6.07) is 32.1. The Morgan fingerprint density at radius 1 is 0.735 bits per heavy atom. The Kier molecular flexibility index (Phi) is 11.0. The number of hydrogen-bond acceptors (Lipinski definition) is 3. The molecule has 0 aliphatic carbocycles. The third kappa shape index (κ3) is 9.67. The molecule has 0 bridgehead atoms. The van der Waals surface area contributed by atoms with Crippen LogP contribution in [-0.2, 0) is 16.0 Å². The summed E-state index contributed by atoms with van der Waals surface area (Å²) in [4.78, 5) is 21.5. The molecule has 3 aromatic rings. The van der Waals surface area contributed by atoms with Crippen molar-refractivity contribution in [3.8, 4) is 0 Å². The molecule has 0 aliphatic rings. The quantitative estimate of drug-likeness (QED) is 0.421. The lowest BCUT2D eigenvalue weighted by molar-refractivity contribution is -0.134. The highest BCUT2D eigenvalue weighted by molar-refractivity contribution is 5.89. The number of likely N-dealkylation sites (N-methyl/N-ethyl adjacent to an activating group) is 1. The van der Waals surface area contributed by atoms with Crippen molar-refractivity contribution in [2.24, 2.45) is 0 Å². The zero-order chi connectivity index (χ0) is 24.8. The molecule has 0 radical (unpaired) electrons. The topological polar surface area (TPSA) is 77.8 Å². The number of carboxylic acid groups (broad SMARTS) is 2. The third-order valence-electron chi connectivity index (χ3n) is 5.05. The van der Waals surface area contributed by atoms with E-state index in [9.17, 15) is 9.59 Å². The van der Waals surface area contributed by atoms with Gasteiger partial charge in [-0.3, -0.25) is 0 Å². The summed E-state index contributed by atoms with van der Waals surface area (Å²) in [6.07, 6.45) is 2.20. The summed E-state index contributed by atoms with van der Waals surface area (Å²) in [5, 5.41) is 15.6. The molecule has 0 fully saturated rings. The second kappa shape index (κ2) is 14.2. The van der Waals surface area contributed by atoms with Crippen molar-refractivity contribution in [1.82, 2.24) is 4.90 Å². The summed E-state index contributed by atoms with van der Waals surface area (Å²) in [7, 11) is 2.21. The SMILES string of the molecule is CC(CN(C)CCc1ccccc1)=C(c1ccccc1)c1ccccc1.O=C(O)/C=C\C(=O)O. The fourth-order valence-electron chi connectivity index (χ4n) is 3.54. The van der Waals surface area contributed by atoms with Crippen LogP contribution in [0, 0.1) is 0 Å². The first-order valence-electron chi connectivity index (χ1n) is 11.0. The molecule has 5 heteroatoms. The molecule has 0 saturated carbocycles. The molecule has 176 valence electrons. The van der Waals surface area contributed by atoms with Gasteiger partial charge in [-0.05, 0) is 42.7 Å². The molecule has 0 heterocycles. The van der Waals surface area contributed by atoms with E-state index in [1.165, 1.54) is 27.8 Å². The van der Waals surface area contributed by atoms with Crippen molar-refractivity contribution in [3.63, 3.8) is 0 Å². The van der Waals surface area contributed by atoms with Crippen molar-refractivity contribution >= 4 is 17.5 Å². The lowest BCUT2D eigenvalue weighted by Crippen LogP contribution is -2.23. The summed E-state index contributed by atoms with van der Waals surface area (Å²) >= 11 is 0. The maximum atomic E-state index is 9.55. The lowest BCUT2D eigenvalue weighted by Gasteiger charge is -2.20. The molecule has 0 aliphatic heterocycles. The van der Waals surface area contributed by atoms with Gasteiger partial charge in [0.1, 0.15) is 0 Å². The van der Waals surface area contributed by atoms with E-state index in [1.54, 1.807) is 0 Å². The van der Waals surface area contributed by atoms with E-state index < -0.39 is 11.9 Å². The fraction of sp³-hybridized carbons (Fsp3) is 0.172. The maximum absolute atomic E-state index is 9.55. The highest BCUT2D eigenvalue weighted by Gasteiger charge is 2.10.